The lowest BCUT2D eigenvalue weighted by molar-refractivity contribution is 0.134. The second kappa shape index (κ2) is 5.75. The first-order valence-corrected chi connectivity index (χ1v) is 8.21. The highest BCUT2D eigenvalue weighted by atomic mass is 35.5. The lowest BCUT2D eigenvalue weighted by atomic mass is 9.96. The molecule has 0 aliphatic heterocycles. The number of nitrogens with zero attached hydrogens (tertiary/aromatic N) is 4. The summed E-state index contributed by atoms with van der Waals surface area (Å²) < 4.78 is 2.17. The van der Waals surface area contributed by atoms with Crippen LogP contribution in [0.15, 0.2) is 12.3 Å². The zero-order valence-corrected chi connectivity index (χ0v) is 14.0. The van der Waals surface area contributed by atoms with E-state index in [1.165, 1.54) is 25.7 Å². The Labute approximate surface area is 135 Å². The molecule has 0 unspecified atom stereocenters. The molecule has 0 spiro atoms. The van der Waals surface area contributed by atoms with E-state index in [1.54, 1.807) is 6.20 Å². The Kier molecular flexibility index (Phi) is 4.12. The standard InChI is InChI=1S/C15H20Cl2N4/c1-20(2)15(5-3-4-6-15)10-21-13(8-16)19-12-7-11(17)9-18-14(12)21/h7,9H,3-6,8,10H2,1-2H3. The highest BCUT2D eigenvalue weighted by Crippen LogP contribution is 2.36. The molecule has 0 atom stereocenters. The smallest absolute Gasteiger partial charge is 0.160 e. The summed E-state index contributed by atoms with van der Waals surface area (Å²) in [5.41, 5.74) is 1.88. The molecular weight excluding hydrogens is 307 g/mol. The molecule has 6 heteroatoms. The van der Waals surface area contributed by atoms with Gasteiger partial charge in [-0.25, -0.2) is 9.97 Å². The number of aromatic nitrogens is 3. The third-order valence-electron chi connectivity index (χ3n) is 4.69. The monoisotopic (exact) mass is 326 g/mol. The molecule has 1 fully saturated rings. The van der Waals surface area contributed by atoms with E-state index < -0.39 is 0 Å². The van der Waals surface area contributed by atoms with E-state index >= 15 is 0 Å². The van der Waals surface area contributed by atoms with Gasteiger partial charge in [0.2, 0.25) is 0 Å². The van der Waals surface area contributed by atoms with Gasteiger partial charge >= 0.3 is 0 Å². The van der Waals surface area contributed by atoms with Gasteiger partial charge in [-0.2, -0.15) is 0 Å². The summed E-state index contributed by atoms with van der Waals surface area (Å²) in [7, 11) is 4.32. The molecule has 21 heavy (non-hydrogen) atoms. The Morgan fingerprint density at radius 3 is 2.67 bits per heavy atom. The lowest BCUT2D eigenvalue weighted by Gasteiger charge is -2.37. The molecule has 1 aliphatic carbocycles. The number of hydrogen-bond acceptors (Lipinski definition) is 3. The SMILES string of the molecule is CN(C)C1(Cn2c(CCl)nc3cc(Cl)cnc32)CCCC1. The molecule has 0 bridgehead atoms. The molecule has 1 aliphatic rings. The molecule has 1 saturated carbocycles. The number of alkyl halides is 1. The average Bonchev–Trinajstić information content (AvgIpc) is 3.05. The molecule has 3 rings (SSSR count). The quantitative estimate of drug-likeness (QED) is 0.803. The van der Waals surface area contributed by atoms with Crippen molar-refractivity contribution in [2.24, 2.45) is 0 Å². The molecule has 2 heterocycles. The van der Waals surface area contributed by atoms with Crippen LogP contribution in [0.3, 0.4) is 0 Å². The van der Waals surface area contributed by atoms with Gasteiger partial charge in [0.1, 0.15) is 11.3 Å². The van der Waals surface area contributed by atoms with E-state index in [9.17, 15) is 0 Å². The van der Waals surface area contributed by atoms with Gasteiger partial charge in [-0.1, -0.05) is 24.4 Å². The summed E-state index contributed by atoms with van der Waals surface area (Å²) in [6.45, 7) is 0.882. The summed E-state index contributed by atoms with van der Waals surface area (Å²) in [6.07, 6.45) is 6.64. The molecule has 2 aromatic rings. The molecule has 114 valence electrons. The van der Waals surface area contributed by atoms with Crippen molar-refractivity contribution in [3.05, 3.63) is 23.1 Å². The molecule has 4 nitrogen and oxygen atoms in total. The van der Waals surface area contributed by atoms with E-state index in [0.717, 1.165) is 23.5 Å². The van der Waals surface area contributed by atoms with Gasteiger partial charge in [-0.15, -0.1) is 11.6 Å². The molecule has 0 saturated heterocycles. The maximum atomic E-state index is 6.10. The Bertz CT molecular complexity index is 644. The summed E-state index contributed by atoms with van der Waals surface area (Å²) in [4.78, 5) is 11.4. The topological polar surface area (TPSA) is 34.0 Å². The van der Waals surface area contributed by atoms with Crippen LogP contribution >= 0.6 is 23.2 Å². The molecule has 0 amide bonds. The highest BCUT2D eigenvalue weighted by molar-refractivity contribution is 6.31. The molecule has 0 aromatic carbocycles. The first-order valence-electron chi connectivity index (χ1n) is 7.30. The zero-order chi connectivity index (χ0) is 15.0. The fourth-order valence-electron chi connectivity index (χ4n) is 3.38. The zero-order valence-electron chi connectivity index (χ0n) is 12.4. The summed E-state index contributed by atoms with van der Waals surface area (Å²) in [6, 6.07) is 1.85. The van der Waals surface area contributed by atoms with Crippen LogP contribution in [0.1, 0.15) is 31.5 Å². The third-order valence-corrected chi connectivity index (χ3v) is 5.13. The second-order valence-electron chi connectivity index (χ2n) is 6.07. The van der Waals surface area contributed by atoms with E-state index in [-0.39, 0.29) is 5.54 Å². The van der Waals surface area contributed by atoms with Crippen LogP contribution in [-0.4, -0.2) is 39.1 Å². The minimum Gasteiger partial charge on any atom is -0.310 e. The molecule has 2 aromatic heterocycles. The van der Waals surface area contributed by atoms with Crippen LogP contribution < -0.4 is 0 Å². The Balaban J connectivity index is 2.06. The third kappa shape index (κ3) is 2.65. The normalized spacial score (nSPS) is 18.0. The van der Waals surface area contributed by atoms with Crippen molar-refractivity contribution in [1.29, 1.82) is 0 Å². The summed E-state index contributed by atoms with van der Waals surface area (Å²) >= 11 is 12.1. The fourth-order valence-corrected chi connectivity index (χ4v) is 3.73. The number of halogens is 2. The molecule has 0 N–H and O–H groups in total. The number of pyridine rings is 1. The molecular formula is C15H20Cl2N4. The van der Waals surface area contributed by atoms with Gasteiger partial charge in [0.25, 0.3) is 0 Å². The van der Waals surface area contributed by atoms with E-state index in [4.69, 9.17) is 23.2 Å². The predicted octanol–water partition coefficient (Wildman–Crippen LogP) is 3.70. The Morgan fingerprint density at radius 2 is 2.05 bits per heavy atom. The van der Waals surface area contributed by atoms with Crippen molar-refractivity contribution in [2.45, 2.75) is 43.6 Å². The first-order chi connectivity index (χ1) is 10.1. The van der Waals surface area contributed by atoms with Crippen LogP contribution in [0.2, 0.25) is 5.02 Å². The van der Waals surface area contributed by atoms with Crippen LogP contribution in [0.25, 0.3) is 11.2 Å². The van der Waals surface area contributed by atoms with Crippen LogP contribution in [0, 0.1) is 0 Å². The first kappa shape index (κ1) is 15.1. The lowest BCUT2D eigenvalue weighted by Crippen LogP contribution is -2.45. The number of rotatable bonds is 4. The van der Waals surface area contributed by atoms with Crippen LogP contribution in [0.4, 0.5) is 0 Å². The van der Waals surface area contributed by atoms with Gasteiger partial charge in [0.05, 0.1) is 10.9 Å². The number of fused-ring (bicyclic) bond motifs is 1. The van der Waals surface area contributed by atoms with Crippen molar-refractivity contribution in [2.75, 3.05) is 14.1 Å². The van der Waals surface area contributed by atoms with Crippen LogP contribution in [-0.2, 0) is 12.4 Å². The van der Waals surface area contributed by atoms with Crippen molar-refractivity contribution in [3.63, 3.8) is 0 Å². The minimum atomic E-state index is 0.176. The predicted molar refractivity (Wildman–Crippen MR) is 87.0 cm³/mol. The van der Waals surface area contributed by atoms with Crippen molar-refractivity contribution in [1.82, 2.24) is 19.4 Å². The largest absolute Gasteiger partial charge is 0.310 e. The van der Waals surface area contributed by atoms with Gasteiger partial charge < -0.3 is 9.47 Å². The van der Waals surface area contributed by atoms with E-state index in [1.807, 2.05) is 6.07 Å². The fraction of sp³-hybridized carbons (Fsp3) is 0.600. The van der Waals surface area contributed by atoms with Gasteiger partial charge in [-0.05, 0) is 33.0 Å². The van der Waals surface area contributed by atoms with Gasteiger partial charge in [-0.3, -0.25) is 0 Å². The number of hydrogen-bond donors (Lipinski definition) is 0. The molecule has 0 radical (unpaired) electrons. The number of imidazole rings is 1. The second-order valence-corrected chi connectivity index (χ2v) is 6.77. The van der Waals surface area contributed by atoms with Gasteiger partial charge in [0.15, 0.2) is 5.65 Å². The van der Waals surface area contributed by atoms with Crippen molar-refractivity contribution < 1.29 is 0 Å². The van der Waals surface area contributed by atoms with Crippen LogP contribution in [0.5, 0.6) is 0 Å². The summed E-state index contributed by atoms with van der Waals surface area (Å²) in [5, 5.41) is 0.608. The van der Waals surface area contributed by atoms with E-state index in [0.29, 0.717) is 10.9 Å². The highest BCUT2D eigenvalue weighted by Gasteiger charge is 2.37. The maximum Gasteiger partial charge on any atom is 0.160 e. The Hall–Kier alpha value is -0.840. The van der Waals surface area contributed by atoms with Crippen molar-refractivity contribution in [3.8, 4) is 0 Å². The summed E-state index contributed by atoms with van der Waals surface area (Å²) in [5.74, 6) is 1.26. The number of likely N-dealkylation sites (N-methyl/N-ethyl adjacent to an activating group) is 1. The van der Waals surface area contributed by atoms with Crippen molar-refractivity contribution >= 4 is 34.4 Å². The van der Waals surface area contributed by atoms with Gasteiger partial charge in [0, 0.05) is 18.3 Å². The Morgan fingerprint density at radius 1 is 1.33 bits per heavy atom. The maximum absolute atomic E-state index is 6.10. The van der Waals surface area contributed by atoms with E-state index in [2.05, 4.69) is 33.5 Å². The average molecular weight is 327 g/mol. The minimum absolute atomic E-state index is 0.176.